The zero-order chi connectivity index (χ0) is 24.5. The first kappa shape index (κ1) is 24.8. The second-order valence-corrected chi connectivity index (χ2v) is 8.19. The van der Waals surface area contributed by atoms with Crippen LogP contribution in [0.15, 0.2) is 66.3 Å². The van der Waals surface area contributed by atoms with Crippen LogP contribution in [0, 0.1) is 0 Å². The third kappa shape index (κ3) is 6.61. The summed E-state index contributed by atoms with van der Waals surface area (Å²) in [6.45, 7) is 7.60. The maximum absolute atomic E-state index is 12.5. The van der Waals surface area contributed by atoms with Crippen molar-refractivity contribution in [3.05, 3.63) is 67.0 Å². The molecule has 0 saturated carbocycles. The van der Waals surface area contributed by atoms with E-state index in [2.05, 4.69) is 27.4 Å². The van der Waals surface area contributed by atoms with Crippen LogP contribution in [0.3, 0.4) is 0 Å². The lowest BCUT2D eigenvalue weighted by atomic mass is 10.3. The van der Waals surface area contributed by atoms with Crippen LogP contribution in [0.25, 0.3) is 0 Å². The smallest absolute Gasteiger partial charge is 0.234 e. The Balaban J connectivity index is 1.64. The Bertz CT molecular complexity index is 1150. The van der Waals surface area contributed by atoms with Gasteiger partial charge in [-0.25, -0.2) is 0 Å². The highest BCUT2D eigenvalue weighted by molar-refractivity contribution is 7.99. The van der Waals surface area contributed by atoms with Gasteiger partial charge in [-0.1, -0.05) is 30.0 Å². The number of para-hydroxylation sites is 2. The second kappa shape index (κ2) is 11.9. The molecule has 0 fully saturated rings. The predicted octanol–water partition coefficient (Wildman–Crippen LogP) is 4.30. The van der Waals surface area contributed by atoms with Crippen LogP contribution in [0.2, 0.25) is 0 Å². The Labute approximate surface area is 202 Å². The summed E-state index contributed by atoms with van der Waals surface area (Å²) >= 11 is 1.27. The fraction of sp³-hybridized carbons (Fsp3) is 0.250. The lowest BCUT2D eigenvalue weighted by Crippen LogP contribution is -2.15. The molecular formula is C24H27N5O4S. The molecule has 2 N–H and O–H groups in total. The molecule has 34 heavy (non-hydrogen) atoms. The number of hydrogen-bond donors (Lipinski definition) is 2. The van der Waals surface area contributed by atoms with E-state index in [1.165, 1.54) is 18.7 Å². The quantitative estimate of drug-likeness (QED) is 0.310. The Morgan fingerprint density at radius 1 is 1.09 bits per heavy atom. The Kier molecular flexibility index (Phi) is 8.69. The van der Waals surface area contributed by atoms with E-state index in [1.807, 2.05) is 35.8 Å². The number of hydrogen-bond acceptors (Lipinski definition) is 7. The number of amides is 2. The first-order chi connectivity index (χ1) is 16.4. The normalized spacial score (nSPS) is 11.4. The van der Waals surface area contributed by atoms with Gasteiger partial charge in [-0.3, -0.25) is 14.2 Å². The first-order valence-electron chi connectivity index (χ1n) is 10.5. The molecule has 1 atom stereocenters. The van der Waals surface area contributed by atoms with Crippen molar-refractivity contribution in [2.75, 3.05) is 23.5 Å². The van der Waals surface area contributed by atoms with Crippen LogP contribution in [0.4, 0.5) is 11.4 Å². The number of rotatable bonds is 11. The number of thioether (sulfide) groups is 1. The van der Waals surface area contributed by atoms with E-state index in [0.717, 1.165) is 0 Å². The van der Waals surface area contributed by atoms with E-state index in [-0.39, 0.29) is 17.6 Å². The molecule has 0 spiro atoms. The summed E-state index contributed by atoms with van der Waals surface area (Å²) in [6, 6.07) is 14.3. The average molecular weight is 482 g/mol. The van der Waals surface area contributed by atoms with Crippen molar-refractivity contribution in [1.29, 1.82) is 0 Å². The number of benzene rings is 2. The summed E-state index contributed by atoms with van der Waals surface area (Å²) < 4.78 is 13.3. The van der Waals surface area contributed by atoms with Crippen LogP contribution < -0.4 is 20.1 Å². The molecule has 9 nitrogen and oxygen atoms in total. The molecule has 0 aliphatic rings. The highest BCUT2D eigenvalue weighted by Crippen LogP contribution is 2.31. The fourth-order valence-corrected chi connectivity index (χ4v) is 3.89. The molecular weight excluding hydrogens is 454 g/mol. The van der Waals surface area contributed by atoms with Gasteiger partial charge in [0.1, 0.15) is 0 Å². The van der Waals surface area contributed by atoms with Gasteiger partial charge in [-0.05, 0) is 43.3 Å². The number of nitrogens with zero attached hydrogens (tertiary/aromatic N) is 3. The Morgan fingerprint density at radius 3 is 2.35 bits per heavy atom. The number of nitrogens with one attached hydrogen (secondary N) is 2. The van der Waals surface area contributed by atoms with E-state index in [4.69, 9.17) is 9.47 Å². The maximum Gasteiger partial charge on any atom is 0.234 e. The number of ether oxygens (including phenoxy) is 2. The summed E-state index contributed by atoms with van der Waals surface area (Å²) in [6.07, 6.45) is 1.33. The van der Waals surface area contributed by atoms with E-state index in [0.29, 0.717) is 40.4 Å². The van der Waals surface area contributed by atoms with Crippen molar-refractivity contribution in [2.45, 2.75) is 31.7 Å². The minimum atomic E-state index is -0.408. The molecule has 0 bridgehead atoms. The number of carbonyl (C=O) groups is 2. The Hall–Kier alpha value is -3.79. The Morgan fingerprint density at radius 2 is 1.74 bits per heavy atom. The van der Waals surface area contributed by atoms with Gasteiger partial charge in [0.05, 0.1) is 12.9 Å². The fourth-order valence-electron chi connectivity index (χ4n) is 3.13. The van der Waals surface area contributed by atoms with Gasteiger partial charge in [0.25, 0.3) is 0 Å². The van der Waals surface area contributed by atoms with E-state index in [1.54, 1.807) is 37.5 Å². The molecule has 1 heterocycles. The highest BCUT2D eigenvalue weighted by Gasteiger charge is 2.21. The summed E-state index contributed by atoms with van der Waals surface area (Å²) in [7, 11) is 1.59. The zero-order valence-corrected chi connectivity index (χ0v) is 20.1. The molecule has 1 aromatic heterocycles. The van der Waals surface area contributed by atoms with Crippen LogP contribution in [0.1, 0.15) is 25.8 Å². The lowest BCUT2D eigenvalue weighted by molar-refractivity contribution is -0.114. The summed E-state index contributed by atoms with van der Waals surface area (Å²) in [5, 5.41) is 14.6. The second-order valence-electron chi connectivity index (χ2n) is 7.25. The SMILES string of the molecule is C=CCn1c(SCC(=O)Nc2ccc(NC(C)=O)cc2)nnc1C(C)Oc1ccccc1OC. The average Bonchev–Trinajstić information content (AvgIpc) is 3.22. The minimum Gasteiger partial charge on any atom is -0.493 e. The van der Waals surface area contributed by atoms with Gasteiger partial charge in [-0.15, -0.1) is 16.8 Å². The lowest BCUT2D eigenvalue weighted by Gasteiger charge is -2.17. The number of methoxy groups -OCH3 is 1. The van der Waals surface area contributed by atoms with Gasteiger partial charge >= 0.3 is 0 Å². The number of carbonyl (C=O) groups excluding carboxylic acids is 2. The van der Waals surface area contributed by atoms with E-state index >= 15 is 0 Å². The van der Waals surface area contributed by atoms with Crippen molar-refractivity contribution in [1.82, 2.24) is 14.8 Å². The van der Waals surface area contributed by atoms with Gasteiger partial charge in [0.15, 0.2) is 28.6 Å². The van der Waals surface area contributed by atoms with Crippen molar-refractivity contribution in [2.24, 2.45) is 0 Å². The molecule has 2 aromatic carbocycles. The molecule has 3 aromatic rings. The van der Waals surface area contributed by atoms with Crippen molar-refractivity contribution in [3.63, 3.8) is 0 Å². The molecule has 0 aliphatic carbocycles. The molecule has 0 radical (unpaired) electrons. The first-order valence-corrected chi connectivity index (χ1v) is 11.5. The van der Waals surface area contributed by atoms with E-state index in [9.17, 15) is 9.59 Å². The number of allylic oxidation sites excluding steroid dienone is 1. The third-order valence-electron chi connectivity index (χ3n) is 4.61. The van der Waals surface area contributed by atoms with Gasteiger partial charge in [0, 0.05) is 24.8 Å². The molecule has 0 saturated heterocycles. The highest BCUT2D eigenvalue weighted by atomic mass is 32.2. The molecule has 3 rings (SSSR count). The van der Waals surface area contributed by atoms with Crippen molar-refractivity contribution < 1.29 is 19.1 Å². The largest absolute Gasteiger partial charge is 0.493 e. The minimum absolute atomic E-state index is 0.143. The molecule has 178 valence electrons. The number of aromatic nitrogens is 3. The third-order valence-corrected chi connectivity index (χ3v) is 5.58. The van der Waals surface area contributed by atoms with Gasteiger partial charge in [0.2, 0.25) is 11.8 Å². The molecule has 1 unspecified atom stereocenters. The monoisotopic (exact) mass is 481 g/mol. The predicted molar refractivity (Wildman–Crippen MR) is 132 cm³/mol. The standard InChI is InChI=1S/C24H27N5O4S/c1-5-14-29-23(16(2)33-21-9-7-6-8-20(21)32-4)27-28-24(29)34-15-22(31)26-19-12-10-18(11-13-19)25-17(3)30/h5-13,16H,1,14-15H2,2-4H3,(H,25,30)(H,26,31). The molecule has 0 aliphatic heterocycles. The summed E-state index contributed by atoms with van der Waals surface area (Å²) in [5.41, 5.74) is 1.29. The maximum atomic E-state index is 12.5. The van der Waals surface area contributed by atoms with Crippen molar-refractivity contribution >= 4 is 35.0 Å². The van der Waals surface area contributed by atoms with Crippen LogP contribution in [-0.4, -0.2) is 39.4 Å². The topological polar surface area (TPSA) is 107 Å². The van der Waals surface area contributed by atoms with Gasteiger partial charge < -0.3 is 20.1 Å². The van der Waals surface area contributed by atoms with Crippen LogP contribution in [0.5, 0.6) is 11.5 Å². The van der Waals surface area contributed by atoms with Crippen LogP contribution >= 0.6 is 11.8 Å². The number of anilines is 2. The van der Waals surface area contributed by atoms with Crippen molar-refractivity contribution in [3.8, 4) is 11.5 Å². The van der Waals surface area contributed by atoms with Gasteiger partial charge in [-0.2, -0.15) is 0 Å². The van der Waals surface area contributed by atoms with E-state index < -0.39 is 6.10 Å². The summed E-state index contributed by atoms with van der Waals surface area (Å²) in [4.78, 5) is 23.6. The molecule has 2 amide bonds. The van der Waals surface area contributed by atoms with Crippen LogP contribution in [-0.2, 0) is 16.1 Å². The summed E-state index contributed by atoms with van der Waals surface area (Å²) in [5.74, 6) is 1.64. The zero-order valence-electron chi connectivity index (χ0n) is 19.3. The molecule has 10 heteroatoms.